The summed E-state index contributed by atoms with van der Waals surface area (Å²) in [6.07, 6.45) is 10.6. The van der Waals surface area contributed by atoms with Crippen LogP contribution < -0.4 is 5.32 Å². The summed E-state index contributed by atoms with van der Waals surface area (Å²) in [7, 11) is 0. The minimum absolute atomic E-state index is 0.152. The quantitative estimate of drug-likeness (QED) is 0.476. The molecule has 1 fully saturated rings. The topological polar surface area (TPSA) is 83.6 Å². The molecule has 1 amide bonds. The van der Waals surface area contributed by atoms with Gasteiger partial charge in [0, 0.05) is 13.0 Å². The molecule has 0 aliphatic heterocycles. The van der Waals surface area contributed by atoms with E-state index >= 15 is 0 Å². The Kier molecular flexibility index (Phi) is 7.69. The Bertz CT molecular complexity index is 845. The van der Waals surface area contributed by atoms with E-state index in [1.54, 1.807) is 11.4 Å². The van der Waals surface area contributed by atoms with Gasteiger partial charge in [0.2, 0.25) is 5.91 Å². The third-order valence-electron chi connectivity index (χ3n) is 4.98. The molecule has 0 unspecified atom stereocenters. The molecule has 0 atom stereocenters. The second kappa shape index (κ2) is 10.4. The fourth-order valence-electron chi connectivity index (χ4n) is 3.52. The third-order valence-corrected chi connectivity index (χ3v) is 6.77. The molecule has 0 radical (unpaired) electrons. The first-order chi connectivity index (χ1) is 13.7. The number of rotatable bonds is 9. The fourth-order valence-corrected chi connectivity index (χ4v) is 5.04. The van der Waals surface area contributed by atoms with Gasteiger partial charge in [-0.05, 0) is 23.8 Å². The number of nitrogens with one attached hydrogen (secondary N) is 1. The Balaban J connectivity index is 1.57. The number of nitriles is 1. The highest BCUT2D eigenvalue weighted by atomic mass is 32.2. The van der Waals surface area contributed by atoms with Crippen molar-refractivity contribution in [1.29, 1.82) is 5.26 Å². The van der Waals surface area contributed by atoms with Crippen molar-refractivity contribution in [3.8, 4) is 6.07 Å². The maximum atomic E-state index is 12.2. The smallest absolute Gasteiger partial charge is 0.235 e. The second-order valence-electron chi connectivity index (χ2n) is 6.95. The Morgan fingerprint density at radius 3 is 3.00 bits per heavy atom. The van der Waals surface area contributed by atoms with Gasteiger partial charge in [-0.3, -0.25) is 4.79 Å². The average Bonchev–Trinajstić information content (AvgIpc) is 3.32. The maximum absolute atomic E-state index is 12.2. The maximum Gasteiger partial charge on any atom is 0.235 e. The monoisotopic (exact) mass is 415 g/mol. The van der Waals surface area contributed by atoms with Crippen LogP contribution in [-0.4, -0.2) is 26.4 Å². The predicted octanol–water partition coefficient (Wildman–Crippen LogP) is 4.64. The van der Waals surface area contributed by atoms with Gasteiger partial charge < -0.3 is 9.88 Å². The molecule has 1 aliphatic rings. The van der Waals surface area contributed by atoms with Crippen molar-refractivity contribution >= 4 is 34.0 Å². The number of thioether (sulfide) groups is 1. The van der Waals surface area contributed by atoms with Crippen LogP contribution in [0.4, 0.5) is 5.00 Å². The van der Waals surface area contributed by atoms with E-state index in [0.29, 0.717) is 17.1 Å². The summed E-state index contributed by atoms with van der Waals surface area (Å²) in [6, 6.07) is 3.78. The zero-order valence-corrected chi connectivity index (χ0v) is 17.5. The number of hydrogen-bond acceptors (Lipinski definition) is 6. The summed E-state index contributed by atoms with van der Waals surface area (Å²) >= 11 is 2.71. The normalized spacial score (nSPS) is 14.5. The Hall–Kier alpha value is -2.11. The number of hydrogen-bond donors (Lipinski definition) is 1. The molecule has 0 aromatic carbocycles. The lowest BCUT2D eigenvalue weighted by Crippen LogP contribution is -2.15. The SMILES string of the molecule is C=CCn1c(CCC2CCCCC2)nnc1SCC(=O)Nc1sccc1C#N. The lowest BCUT2D eigenvalue weighted by molar-refractivity contribution is -0.113. The molecule has 6 nitrogen and oxygen atoms in total. The van der Waals surface area contributed by atoms with Crippen molar-refractivity contribution in [2.45, 2.75) is 56.6 Å². The summed E-state index contributed by atoms with van der Waals surface area (Å²) in [6.45, 7) is 4.48. The standard InChI is InChI=1S/C20H25N5OS2/c1-2-11-25-17(9-8-15-6-4-3-5-7-15)23-24-20(25)28-14-18(26)22-19-16(13-21)10-12-27-19/h2,10,12,15H,1,3-9,11,14H2,(H,22,26). The highest BCUT2D eigenvalue weighted by molar-refractivity contribution is 7.99. The van der Waals surface area contributed by atoms with Crippen LogP contribution in [0.2, 0.25) is 0 Å². The van der Waals surface area contributed by atoms with Gasteiger partial charge in [0.05, 0.1) is 11.3 Å². The summed E-state index contributed by atoms with van der Waals surface area (Å²) in [4.78, 5) is 12.2. The van der Waals surface area contributed by atoms with E-state index in [4.69, 9.17) is 5.26 Å². The van der Waals surface area contributed by atoms with Crippen molar-refractivity contribution in [2.75, 3.05) is 11.1 Å². The number of anilines is 1. The van der Waals surface area contributed by atoms with Crippen LogP contribution in [-0.2, 0) is 17.8 Å². The van der Waals surface area contributed by atoms with Crippen LogP contribution >= 0.6 is 23.1 Å². The Labute approximate surface area is 174 Å². The van der Waals surface area contributed by atoms with Crippen molar-refractivity contribution in [3.63, 3.8) is 0 Å². The molecule has 0 bridgehead atoms. The highest BCUT2D eigenvalue weighted by Gasteiger charge is 2.18. The van der Waals surface area contributed by atoms with Crippen LogP contribution in [0, 0.1) is 17.2 Å². The lowest BCUT2D eigenvalue weighted by atomic mass is 9.86. The number of allylic oxidation sites excluding steroid dienone is 1. The van der Waals surface area contributed by atoms with E-state index in [-0.39, 0.29) is 11.7 Å². The van der Waals surface area contributed by atoms with Crippen LogP contribution in [0.1, 0.15) is 49.9 Å². The summed E-state index contributed by atoms with van der Waals surface area (Å²) in [5.41, 5.74) is 0.489. The average molecular weight is 416 g/mol. The molecule has 1 saturated carbocycles. The summed E-state index contributed by atoms with van der Waals surface area (Å²) in [5.74, 6) is 1.84. The molecule has 2 heterocycles. The molecule has 148 valence electrons. The van der Waals surface area contributed by atoms with Gasteiger partial charge >= 0.3 is 0 Å². The number of thiophene rings is 1. The van der Waals surface area contributed by atoms with Crippen LogP contribution in [0.3, 0.4) is 0 Å². The molecule has 28 heavy (non-hydrogen) atoms. The minimum Gasteiger partial charge on any atom is -0.316 e. The minimum atomic E-state index is -0.152. The molecule has 3 rings (SSSR count). The van der Waals surface area contributed by atoms with E-state index < -0.39 is 0 Å². The van der Waals surface area contributed by atoms with Gasteiger partial charge in [0.25, 0.3) is 0 Å². The van der Waals surface area contributed by atoms with Gasteiger partial charge in [-0.15, -0.1) is 28.1 Å². The van der Waals surface area contributed by atoms with E-state index in [0.717, 1.165) is 29.7 Å². The summed E-state index contributed by atoms with van der Waals surface area (Å²) < 4.78 is 2.06. The number of aromatic nitrogens is 3. The molecule has 8 heteroatoms. The van der Waals surface area contributed by atoms with Crippen molar-refractivity contribution in [2.24, 2.45) is 5.92 Å². The van der Waals surface area contributed by atoms with Crippen molar-refractivity contribution in [3.05, 3.63) is 35.5 Å². The molecular formula is C20H25N5OS2. The van der Waals surface area contributed by atoms with Gasteiger partial charge in [-0.2, -0.15) is 5.26 Å². The summed E-state index contributed by atoms with van der Waals surface area (Å²) in [5, 5.41) is 23.6. The number of carbonyl (C=O) groups is 1. The fraction of sp³-hybridized carbons (Fsp3) is 0.500. The van der Waals surface area contributed by atoms with E-state index in [2.05, 4.69) is 32.7 Å². The van der Waals surface area contributed by atoms with Gasteiger partial charge in [0.15, 0.2) is 5.16 Å². The first kappa shape index (κ1) is 20.6. The van der Waals surface area contributed by atoms with E-state index in [1.807, 2.05) is 6.08 Å². The molecule has 2 aromatic rings. The van der Waals surface area contributed by atoms with Crippen LogP contribution in [0.15, 0.2) is 29.3 Å². The first-order valence-electron chi connectivity index (χ1n) is 9.64. The number of aryl methyl sites for hydroxylation is 1. The molecule has 1 aliphatic carbocycles. The number of amides is 1. The second-order valence-corrected chi connectivity index (χ2v) is 8.81. The van der Waals surface area contributed by atoms with Crippen LogP contribution in [0.5, 0.6) is 0 Å². The van der Waals surface area contributed by atoms with E-state index in [9.17, 15) is 4.79 Å². The molecule has 2 aromatic heterocycles. The lowest BCUT2D eigenvalue weighted by Gasteiger charge is -2.21. The van der Waals surface area contributed by atoms with Crippen molar-refractivity contribution in [1.82, 2.24) is 14.8 Å². The van der Waals surface area contributed by atoms with Gasteiger partial charge in [-0.1, -0.05) is 49.9 Å². The molecule has 0 spiro atoms. The van der Waals surface area contributed by atoms with Crippen molar-refractivity contribution < 1.29 is 4.79 Å². The zero-order chi connectivity index (χ0) is 19.8. The molecular weight excluding hydrogens is 390 g/mol. The predicted molar refractivity (Wildman–Crippen MR) is 114 cm³/mol. The van der Waals surface area contributed by atoms with Gasteiger partial charge in [0.1, 0.15) is 16.9 Å². The Morgan fingerprint density at radius 2 is 2.25 bits per heavy atom. The largest absolute Gasteiger partial charge is 0.316 e. The number of nitrogens with zero attached hydrogens (tertiary/aromatic N) is 4. The molecule has 1 N–H and O–H groups in total. The van der Waals surface area contributed by atoms with Gasteiger partial charge in [-0.25, -0.2) is 0 Å². The third kappa shape index (κ3) is 5.46. The van der Waals surface area contributed by atoms with E-state index in [1.165, 1.54) is 55.2 Å². The van der Waals surface area contributed by atoms with Crippen LogP contribution in [0.25, 0.3) is 0 Å². The zero-order valence-electron chi connectivity index (χ0n) is 15.9. The first-order valence-corrected chi connectivity index (χ1v) is 11.5. The highest BCUT2D eigenvalue weighted by Crippen LogP contribution is 2.28. The number of carbonyl (C=O) groups excluding carboxylic acids is 1. The molecule has 0 saturated heterocycles. The Morgan fingerprint density at radius 1 is 1.43 bits per heavy atom.